The maximum Gasteiger partial charge on any atom is 0.490 e. The number of aliphatic carboxylic acids is 1. The minimum Gasteiger partial charge on any atom is -0.475 e. The van der Waals surface area contributed by atoms with E-state index in [4.69, 9.17) is 19.1 Å². The first-order chi connectivity index (χ1) is 15.2. The Hall–Kier alpha value is -2.27. The lowest BCUT2D eigenvalue weighted by molar-refractivity contribution is -0.192. The molecule has 180 valence electrons. The van der Waals surface area contributed by atoms with Gasteiger partial charge in [-0.1, -0.05) is 0 Å². The number of amides is 2. The molecular formula is C21H30F3N3O5. The summed E-state index contributed by atoms with van der Waals surface area (Å²) in [5.41, 5.74) is 1.41. The van der Waals surface area contributed by atoms with Gasteiger partial charge in [0, 0.05) is 56.9 Å². The topological polar surface area (TPSA) is 95.3 Å². The van der Waals surface area contributed by atoms with Crippen LogP contribution in [0.5, 0.6) is 0 Å². The van der Waals surface area contributed by atoms with Crippen LogP contribution in [-0.4, -0.2) is 78.5 Å². The summed E-state index contributed by atoms with van der Waals surface area (Å²) in [5, 5.41) is 10.3. The average Bonchev–Trinajstić information content (AvgIpc) is 3.49. The highest BCUT2D eigenvalue weighted by atomic mass is 19.4. The SMILES string of the molecule is O=C(NCC[C@@]12CCO[C@@H]1CCN(Cc1ccoc1)C2)N1CCCC1.O=C(O)C(F)(F)F. The zero-order chi connectivity index (χ0) is 23.2. The molecule has 4 heterocycles. The summed E-state index contributed by atoms with van der Waals surface area (Å²) in [7, 11) is 0. The lowest BCUT2D eigenvalue weighted by Crippen LogP contribution is -2.50. The Morgan fingerprint density at radius 3 is 2.59 bits per heavy atom. The quantitative estimate of drug-likeness (QED) is 0.700. The zero-order valence-electron chi connectivity index (χ0n) is 17.9. The van der Waals surface area contributed by atoms with Crippen LogP contribution in [0.25, 0.3) is 0 Å². The lowest BCUT2D eigenvalue weighted by Gasteiger charge is -2.44. The Kier molecular flexibility index (Phi) is 8.05. The Bertz CT molecular complexity index is 752. The van der Waals surface area contributed by atoms with Crippen LogP contribution in [0.1, 0.15) is 37.7 Å². The number of piperidine rings is 1. The predicted molar refractivity (Wildman–Crippen MR) is 108 cm³/mol. The molecule has 11 heteroatoms. The van der Waals surface area contributed by atoms with Gasteiger partial charge < -0.3 is 24.5 Å². The molecule has 32 heavy (non-hydrogen) atoms. The number of ether oxygens (including phenoxy) is 1. The molecule has 1 aromatic heterocycles. The van der Waals surface area contributed by atoms with Gasteiger partial charge in [-0.15, -0.1) is 0 Å². The molecule has 2 N–H and O–H groups in total. The van der Waals surface area contributed by atoms with Gasteiger partial charge in [0.25, 0.3) is 0 Å². The second-order valence-electron chi connectivity index (χ2n) is 8.58. The number of carboxylic acid groups (broad SMARTS) is 1. The molecule has 8 nitrogen and oxygen atoms in total. The Labute approximate surface area is 184 Å². The fourth-order valence-electron chi connectivity index (χ4n) is 4.73. The van der Waals surface area contributed by atoms with E-state index in [1.54, 1.807) is 6.26 Å². The molecule has 0 spiro atoms. The van der Waals surface area contributed by atoms with Crippen LogP contribution in [0.3, 0.4) is 0 Å². The second kappa shape index (κ2) is 10.6. The number of rotatable bonds is 5. The maximum absolute atomic E-state index is 12.2. The summed E-state index contributed by atoms with van der Waals surface area (Å²) in [5.74, 6) is -2.76. The molecule has 3 aliphatic heterocycles. The van der Waals surface area contributed by atoms with Gasteiger partial charge >= 0.3 is 18.2 Å². The van der Waals surface area contributed by atoms with Crippen molar-refractivity contribution < 1.29 is 37.0 Å². The van der Waals surface area contributed by atoms with Crippen LogP contribution in [0.4, 0.5) is 18.0 Å². The van der Waals surface area contributed by atoms with Crippen LogP contribution < -0.4 is 5.32 Å². The molecule has 2 atom stereocenters. The first kappa shape index (κ1) is 24.4. The minimum atomic E-state index is -5.08. The number of nitrogens with one attached hydrogen (secondary N) is 1. The van der Waals surface area contributed by atoms with E-state index in [1.165, 1.54) is 5.56 Å². The highest BCUT2D eigenvalue weighted by Gasteiger charge is 2.47. The summed E-state index contributed by atoms with van der Waals surface area (Å²) in [6, 6.07) is 2.15. The molecule has 0 aromatic carbocycles. The maximum atomic E-state index is 12.2. The van der Waals surface area contributed by atoms with Crippen molar-refractivity contribution in [1.29, 1.82) is 0 Å². The normalized spacial score (nSPS) is 25.7. The van der Waals surface area contributed by atoms with Crippen molar-refractivity contribution in [2.24, 2.45) is 5.41 Å². The molecule has 0 saturated carbocycles. The molecule has 0 radical (unpaired) electrons. The Morgan fingerprint density at radius 2 is 1.97 bits per heavy atom. The van der Waals surface area contributed by atoms with E-state index in [9.17, 15) is 18.0 Å². The van der Waals surface area contributed by atoms with E-state index < -0.39 is 12.1 Å². The third-order valence-electron chi connectivity index (χ3n) is 6.37. The molecule has 1 aromatic rings. The number of alkyl halides is 3. The molecular weight excluding hydrogens is 431 g/mol. The average molecular weight is 461 g/mol. The van der Waals surface area contributed by atoms with Gasteiger partial charge in [0.1, 0.15) is 0 Å². The molecule has 2 amide bonds. The Balaban J connectivity index is 0.000000360. The van der Waals surface area contributed by atoms with Crippen molar-refractivity contribution in [2.75, 3.05) is 39.3 Å². The standard InChI is InChI=1S/C19H29N3O3.C2HF3O2/c23-18(22-8-1-2-9-22)20-7-5-19-6-12-25-17(19)3-10-21(15-19)13-16-4-11-24-14-16;3-2(4,5)1(6)7/h4,11,14,17H,1-3,5-10,12-13,15H2,(H,20,23);(H,6,7)/t17-,19+;/m1./s1. The first-order valence-corrected chi connectivity index (χ1v) is 10.9. The number of carbonyl (C=O) groups is 2. The van der Waals surface area contributed by atoms with Crippen molar-refractivity contribution in [3.8, 4) is 0 Å². The highest BCUT2D eigenvalue weighted by molar-refractivity contribution is 5.74. The number of carboxylic acids is 1. The van der Waals surface area contributed by atoms with Crippen molar-refractivity contribution in [2.45, 2.75) is 50.9 Å². The number of furan rings is 1. The van der Waals surface area contributed by atoms with E-state index >= 15 is 0 Å². The van der Waals surface area contributed by atoms with Crippen molar-refractivity contribution in [1.82, 2.24) is 15.1 Å². The van der Waals surface area contributed by atoms with Gasteiger partial charge in [-0.2, -0.15) is 13.2 Å². The van der Waals surface area contributed by atoms with Crippen molar-refractivity contribution >= 4 is 12.0 Å². The largest absolute Gasteiger partial charge is 0.490 e. The number of halogens is 3. The summed E-state index contributed by atoms with van der Waals surface area (Å²) in [6.07, 6.45) is 4.28. The first-order valence-electron chi connectivity index (χ1n) is 10.9. The van der Waals surface area contributed by atoms with Crippen LogP contribution in [0, 0.1) is 5.41 Å². The van der Waals surface area contributed by atoms with E-state index in [0.29, 0.717) is 6.10 Å². The summed E-state index contributed by atoms with van der Waals surface area (Å²) in [6.45, 7) is 6.45. The number of hydrogen-bond acceptors (Lipinski definition) is 5. The third kappa shape index (κ3) is 6.38. The van der Waals surface area contributed by atoms with Crippen LogP contribution in [0.15, 0.2) is 23.0 Å². The minimum absolute atomic E-state index is 0.107. The van der Waals surface area contributed by atoms with Crippen molar-refractivity contribution in [3.05, 3.63) is 24.2 Å². The summed E-state index contributed by atoms with van der Waals surface area (Å²) >= 11 is 0. The highest BCUT2D eigenvalue weighted by Crippen LogP contribution is 2.43. The smallest absolute Gasteiger partial charge is 0.475 e. The van der Waals surface area contributed by atoms with E-state index in [0.717, 1.165) is 78.0 Å². The summed E-state index contributed by atoms with van der Waals surface area (Å²) < 4.78 is 43.0. The van der Waals surface area contributed by atoms with Gasteiger partial charge in [-0.3, -0.25) is 4.90 Å². The van der Waals surface area contributed by atoms with Crippen LogP contribution >= 0.6 is 0 Å². The Morgan fingerprint density at radius 1 is 1.25 bits per heavy atom. The number of fused-ring (bicyclic) bond motifs is 1. The molecule has 0 bridgehead atoms. The number of nitrogens with zero attached hydrogens (tertiary/aromatic N) is 2. The van der Waals surface area contributed by atoms with Crippen LogP contribution in [-0.2, 0) is 16.1 Å². The van der Waals surface area contributed by atoms with Crippen molar-refractivity contribution in [3.63, 3.8) is 0 Å². The predicted octanol–water partition coefficient (Wildman–Crippen LogP) is 3.09. The van der Waals surface area contributed by atoms with E-state index in [2.05, 4.69) is 10.2 Å². The molecule has 0 aliphatic carbocycles. The number of carbonyl (C=O) groups excluding carboxylic acids is 1. The fourth-order valence-corrected chi connectivity index (χ4v) is 4.73. The van der Waals surface area contributed by atoms with Gasteiger partial charge in [0.05, 0.1) is 18.6 Å². The van der Waals surface area contributed by atoms with E-state index in [-0.39, 0.29) is 11.4 Å². The zero-order valence-corrected chi connectivity index (χ0v) is 17.9. The molecule has 3 saturated heterocycles. The lowest BCUT2D eigenvalue weighted by atomic mass is 9.74. The van der Waals surface area contributed by atoms with Gasteiger partial charge in [-0.25, -0.2) is 9.59 Å². The van der Waals surface area contributed by atoms with E-state index in [1.807, 2.05) is 17.2 Å². The summed E-state index contributed by atoms with van der Waals surface area (Å²) in [4.78, 5) is 25.6. The molecule has 3 aliphatic rings. The number of hydrogen-bond donors (Lipinski definition) is 2. The second-order valence-corrected chi connectivity index (χ2v) is 8.58. The number of urea groups is 1. The third-order valence-corrected chi connectivity index (χ3v) is 6.37. The van der Waals surface area contributed by atoms with Gasteiger partial charge in [-0.05, 0) is 38.2 Å². The van der Waals surface area contributed by atoms with Crippen LogP contribution in [0.2, 0.25) is 0 Å². The number of likely N-dealkylation sites (tertiary alicyclic amines) is 2. The monoisotopic (exact) mass is 461 g/mol. The fraction of sp³-hybridized carbons (Fsp3) is 0.714. The molecule has 3 fully saturated rings. The van der Waals surface area contributed by atoms with Gasteiger partial charge in [0.15, 0.2) is 0 Å². The molecule has 4 rings (SSSR count). The van der Waals surface area contributed by atoms with Gasteiger partial charge in [0.2, 0.25) is 0 Å². The molecule has 0 unspecified atom stereocenters.